The van der Waals surface area contributed by atoms with Crippen LogP contribution in [0, 0.1) is 0 Å². The van der Waals surface area contributed by atoms with Crippen LogP contribution in [-0.4, -0.2) is 0 Å². The molecule has 0 spiro atoms. The van der Waals surface area contributed by atoms with Gasteiger partial charge in [0.25, 0.3) is 0 Å². The van der Waals surface area contributed by atoms with Crippen molar-refractivity contribution < 1.29 is 0 Å². The zero-order chi connectivity index (χ0) is 23.3. The van der Waals surface area contributed by atoms with Gasteiger partial charge in [0.1, 0.15) is 0 Å². The van der Waals surface area contributed by atoms with Crippen LogP contribution in [0.2, 0.25) is 0 Å². The molecule has 0 heteroatoms. The third-order valence-corrected chi connectivity index (χ3v) is 6.99. The Bertz CT molecular complexity index is 1440. The molecule has 0 bridgehead atoms. The highest BCUT2D eigenvalue weighted by molar-refractivity contribution is 6.12. The highest BCUT2D eigenvalue weighted by Gasteiger charge is 2.15. The van der Waals surface area contributed by atoms with E-state index in [1.54, 1.807) is 11.1 Å². The van der Waals surface area contributed by atoms with Crippen molar-refractivity contribution in [2.24, 2.45) is 0 Å². The van der Waals surface area contributed by atoms with E-state index < -0.39 is 0 Å². The highest BCUT2D eigenvalue weighted by Crippen LogP contribution is 2.36. The maximum Gasteiger partial charge on any atom is -0.00993 e. The van der Waals surface area contributed by atoms with Crippen molar-refractivity contribution in [2.45, 2.75) is 39.0 Å². The van der Waals surface area contributed by atoms with Crippen molar-refractivity contribution in [2.75, 3.05) is 0 Å². The van der Waals surface area contributed by atoms with Crippen LogP contribution in [0.1, 0.15) is 54.0 Å². The van der Waals surface area contributed by atoms with Gasteiger partial charge in [-0.05, 0) is 100 Å². The number of allylic oxidation sites excluding steroid dienone is 5. The Morgan fingerprint density at radius 3 is 2.41 bits per heavy atom. The summed E-state index contributed by atoms with van der Waals surface area (Å²) < 4.78 is 0. The minimum atomic E-state index is 0.997. The van der Waals surface area contributed by atoms with Crippen molar-refractivity contribution in [1.82, 2.24) is 0 Å². The van der Waals surface area contributed by atoms with Crippen molar-refractivity contribution in [3.63, 3.8) is 0 Å². The van der Waals surface area contributed by atoms with E-state index in [1.807, 2.05) is 19.1 Å². The normalized spacial score (nSPS) is 15.4. The molecule has 0 heterocycles. The molecule has 0 amide bonds. The van der Waals surface area contributed by atoms with Gasteiger partial charge in [-0.2, -0.15) is 0 Å². The fourth-order valence-electron chi connectivity index (χ4n) is 5.28. The van der Waals surface area contributed by atoms with Gasteiger partial charge in [-0.15, -0.1) is 6.58 Å². The average Bonchev–Trinajstić information content (AvgIpc) is 3.30. The van der Waals surface area contributed by atoms with Gasteiger partial charge in [-0.3, -0.25) is 0 Å². The van der Waals surface area contributed by atoms with Crippen molar-refractivity contribution in [1.29, 1.82) is 0 Å². The Hall–Kier alpha value is -3.64. The van der Waals surface area contributed by atoms with Gasteiger partial charge in [-0.1, -0.05) is 97.1 Å². The number of hydrogen-bond donors (Lipinski definition) is 0. The molecule has 2 aliphatic rings. The summed E-state index contributed by atoms with van der Waals surface area (Å²) in [5.74, 6) is 0. The van der Waals surface area contributed by atoms with E-state index in [-0.39, 0.29) is 0 Å². The zero-order valence-corrected chi connectivity index (χ0v) is 20.1. The molecule has 0 aliphatic heterocycles. The smallest absolute Gasteiger partial charge is 0.00993 e. The maximum absolute atomic E-state index is 3.55. The first-order valence-corrected chi connectivity index (χ1v) is 12.5. The molecule has 4 aromatic rings. The second-order valence-corrected chi connectivity index (χ2v) is 9.13. The molecular weight excluding hydrogens is 408 g/mol. The summed E-state index contributed by atoms with van der Waals surface area (Å²) in [4.78, 5) is 0. The minimum absolute atomic E-state index is 0.997. The third kappa shape index (κ3) is 4.29. The number of benzene rings is 4. The van der Waals surface area contributed by atoms with E-state index in [1.165, 1.54) is 69.5 Å². The van der Waals surface area contributed by atoms with Crippen LogP contribution in [0.4, 0.5) is 0 Å². The Kier molecular flexibility index (Phi) is 6.58. The molecule has 2 aliphatic carbocycles. The molecule has 0 saturated heterocycles. The van der Waals surface area contributed by atoms with Gasteiger partial charge in [0.05, 0.1) is 0 Å². The summed E-state index contributed by atoms with van der Waals surface area (Å²) in [5.41, 5.74) is 8.38. The molecule has 168 valence electrons. The second-order valence-electron chi connectivity index (χ2n) is 9.13. The Labute approximate surface area is 203 Å². The topological polar surface area (TPSA) is 0 Å². The first-order valence-electron chi connectivity index (χ1n) is 12.5. The van der Waals surface area contributed by atoms with Crippen LogP contribution in [0.5, 0.6) is 0 Å². The quantitative estimate of drug-likeness (QED) is 0.220. The van der Waals surface area contributed by atoms with E-state index in [0.717, 1.165) is 6.42 Å². The van der Waals surface area contributed by atoms with E-state index in [2.05, 4.69) is 97.6 Å². The molecule has 0 unspecified atom stereocenters. The molecule has 6 rings (SSSR count). The van der Waals surface area contributed by atoms with Gasteiger partial charge >= 0.3 is 0 Å². The van der Waals surface area contributed by atoms with Crippen LogP contribution in [0.25, 0.3) is 39.3 Å². The fourth-order valence-corrected chi connectivity index (χ4v) is 5.28. The first-order chi connectivity index (χ1) is 16.8. The van der Waals surface area contributed by atoms with Gasteiger partial charge in [-0.25, -0.2) is 0 Å². The van der Waals surface area contributed by atoms with Crippen LogP contribution >= 0.6 is 0 Å². The molecule has 0 N–H and O–H groups in total. The minimum Gasteiger partial charge on any atom is -0.103 e. The van der Waals surface area contributed by atoms with E-state index in [4.69, 9.17) is 0 Å². The number of rotatable bonds is 3. The second kappa shape index (κ2) is 10.1. The highest BCUT2D eigenvalue weighted by atomic mass is 14.2. The lowest BCUT2D eigenvalue weighted by molar-refractivity contribution is 0.690. The lowest BCUT2D eigenvalue weighted by atomic mass is 9.86. The first kappa shape index (κ1) is 22.2. The monoisotopic (exact) mass is 440 g/mol. The molecule has 0 atom stereocenters. The summed E-state index contributed by atoms with van der Waals surface area (Å²) in [5, 5.41) is 5.58. The summed E-state index contributed by atoms with van der Waals surface area (Å²) >= 11 is 0. The Morgan fingerprint density at radius 2 is 1.56 bits per heavy atom. The fraction of sp³-hybridized carbons (Fsp3) is 0.176. The summed E-state index contributed by atoms with van der Waals surface area (Å²) in [7, 11) is 0. The van der Waals surface area contributed by atoms with Crippen LogP contribution in [0.15, 0.2) is 97.6 Å². The number of fused-ring (bicyclic) bond motifs is 6. The Balaban J connectivity index is 0.000000360. The maximum atomic E-state index is 3.55. The third-order valence-electron chi connectivity index (χ3n) is 6.99. The van der Waals surface area contributed by atoms with E-state index in [0.29, 0.717) is 0 Å². The van der Waals surface area contributed by atoms with Gasteiger partial charge in [0.15, 0.2) is 0 Å². The van der Waals surface area contributed by atoms with Crippen molar-refractivity contribution in [3.05, 3.63) is 125 Å². The van der Waals surface area contributed by atoms with Crippen molar-refractivity contribution in [3.8, 4) is 0 Å². The lowest BCUT2D eigenvalue weighted by Gasteiger charge is -2.19. The number of hydrogen-bond acceptors (Lipinski definition) is 0. The van der Waals surface area contributed by atoms with Crippen LogP contribution < -0.4 is 0 Å². The summed E-state index contributed by atoms with van der Waals surface area (Å²) in [6.45, 7) is 5.55. The number of aryl methyl sites for hydroxylation is 2. The van der Waals surface area contributed by atoms with Gasteiger partial charge < -0.3 is 0 Å². The average molecular weight is 441 g/mol. The molecule has 0 radical (unpaired) electrons. The summed E-state index contributed by atoms with van der Waals surface area (Å²) in [6, 6.07) is 24.8. The molecule has 0 fully saturated rings. The molecule has 0 nitrogen and oxygen atoms in total. The molecule has 0 saturated carbocycles. The van der Waals surface area contributed by atoms with Crippen LogP contribution in [0.3, 0.4) is 0 Å². The van der Waals surface area contributed by atoms with Crippen molar-refractivity contribution >= 4 is 39.3 Å². The Morgan fingerprint density at radius 1 is 0.765 bits per heavy atom. The summed E-state index contributed by atoms with van der Waals surface area (Å²) in [6.07, 6.45) is 18.9. The predicted molar refractivity (Wildman–Crippen MR) is 151 cm³/mol. The predicted octanol–water partition coefficient (Wildman–Crippen LogP) is 9.58. The zero-order valence-electron chi connectivity index (χ0n) is 20.1. The van der Waals surface area contributed by atoms with Gasteiger partial charge in [0.2, 0.25) is 0 Å². The van der Waals surface area contributed by atoms with Crippen LogP contribution in [-0.2, 0) is 12.8 Å². The lowest BCUT2D eigenvalue weighted by Crippen LogP contribution is -2.03. The van der Waals surface area contributed by atoms with Gasteiger partial charge in [0, 0.05) is 0 Å². The van der Waals surface area contributed by atoms with E-state index >= 15 is 0 Å². The largest absolute Gasteiger partial charge is 0.103 e. The molecule has 34 heavy (non-hydrogen) atoms. The SMILES string of the molecule is C1=Cc2ccccc2C1=Cc1cccc2c1ccc1c3c(ccc12)CCCC3.C=CCC=CC. The molecule has 0 aromatic heterocycles. The molecular formula is C34H32. The standard InChI is InChI=1S/C28H22.C6H10/c1-3-9-23-19(6-1)12-13-22(23)18-21-8-5-11-26-25(21)16-17-27-24-10-4-2-7-20(24)14-15-28(26)27;1-3-5-6-4-2/h1,3,5-6,8-9,11-18H,2,4,7,10H2;3-4,6H,1,5H2,2H3. The molecule has 4 aromatic carbocycles. The van der Waals surface area contributed by atoms with E-state index in [9.17, 15) is 0 Å².